The third kappa shape index (κ3) is 2.98. The zero-order valence-corrected chi connectivity index (χ0v) is 11.6. The minimum Gasteiger partial charge on any atom is -0.313 e. The molecule has 0 unspecified atom stereocenters. The van der Waals surface area contributed by atoms with Gasteiger partial charge in [-0.05, 0) is 60.2 Å². The Morgan fingerprint density at radius 3 is 2.72 bits per heavy atom. The molecule has 0 aliphatic rings. The molecule has 1 N–H and O–H groups in total. The van der Waals surface area contributed by atoms with Crippen molar-refractivity contribution in [1.82, 2.24) is 5.32 Å². The lowest BCUT2D eigenvalue weighted by Gasteiger charge is -2.10. The van der Waals surface area contributed by atoms with Crippen LogP contribution in [0.4, 0.5) is 4.39 Å². The van der Waals surface area contributed by atoms with Crippen LogP contribution in [0.2, 0.25) is 0 Å². The van der Waals surface area contributed by atoms with Gasteiger partial charge in [0.15, 0.2) is 0 Å². The molecule has 1 heterocycles. The van der Waals surface area contributed by atoms with E-state index in [1.54, 1.807) is 17.4 Å². The molecule has 0 atom stereocenters. The molecule has 0 radical (unpaired) electrons. The monoisotopic (exact) mass is 263 g/mol. The number of hydrogen-bond donors (Lipinski definition) is 1. The van der Waals surface area contributed by atoms with Gasteiger partial charge in [0.1, 0.15) is 5.82 Å². The Hall–Kier alpha value is -1.19. The molecule has 18 heavy (non-hydrogen) atoms. The van der Waals surface area contributed by atoms with Crippen molar-refractivity contribution in [3.05, 3.63) is 45.9 Å². The average molecular weight is 263 g/mol. The summed E-state index contributed by atoms with van der Waals surface area (Å²) in [5.41, 5.74) is 3.32. The number of thiophene rings is 1. The van der Waals surface area contributed by atoms with Crippen molar-refractivity contribution in [2.24, 2.45) is 0 Å². The van der Waals surface area contributed by atoms with E-state index in [4.69, 9.17) is 0 Å². The molecule has 0 saturated heterocycles. The molecule has 1 aromatic heterocycles. The Balaban J connectivity index is 2.32. The van der Waals surface area contributed by atoms with Gasteiger partial charge >= 0.3 is 0 Å². The van der Waals surface area contributed by atoms with Gasteiger partial charge in [0.25, 0.3) is 0 Å². The highest BCUT2D eigenvalue weighted by molar-refractivity contribution is 7.10. The van der Waals surface area contributed by atoms with Gasteiger partial charge < -0.3 is 5.32 Å². The summed E-state index contributed by atoms with van der Waals surface area (Å²) in [6, 6.07) is 7.12. The molecule has 0 aliphatic heterocycles. The van der Waals surface area contributed by atoms with Gasteiger partial charge in [0, 0.05) is 11.4 Å². The molecule has 96 valence electrons. The van der Waals surface area contributed by atoms with Gasteiger partial charge in [-0.3, -0.25) is 0 Å². The first kappa shape index (κ1) is 13.2. The fraction of sp³-hybridized carbons (Fsp3) is 0.333. The van der Waals surface area contributed by atoms with Crippen molar-refractivity contribution in [2.45, 2.75) is 26.8 Å². The van der Waals surface area contributed by atoms with E-state index in [-0.39, 0.29) is 5.82 Å². The van der Waals surface area contributed by atoms with Crippen LogP contribution < -0.4 is 5.32 Å². The topological polar surface area (TPSA) is 12.0 Å². The Labute approximate surface area is 112 Å². The van der Waals surface area contributed by atoms with Crippen LogP contribution in [-0.4, -0.2) is 6.54 Å². The summed E-state index contributed by atoms with van der Waals surface area (Å²) >= 11 is 1.70. The highest BCUT2D eigenvalue weighted by atomic mass is 32.1. The number of halogens is 1. The van der Waals surface area contributed by atoms with E-state index in [2.05, 4.69) is 30.6 Å². The van der Waals surface area contributed by atoms with Crippen LogP contribution in [0.5, 0.6) is 0 Å². The summed E-state index contributed by atoms with van der Waals surface area (Å²) in [5.74, 6) is -0.171. The highest BCUT2D eigenvalue weighted by Gasteiger charge is 2.09. The maximum absolute atomic E-state index is 13.4. The zero-order valence-electron chi connectivity index (χ0n) is 10.8. The van der Waals surface area contributed by atoms with Crippen LogP contribution in [0.1, 0.15) is 23.8 Å². The van der Waals surface area contributed by atoms with E-state index in [1.165, 1.54) is 10.9 Å². The molecule has 2 rings (SSSR count). The number of aryl methyl sites for hydroxylation is 1. The van der Waals surface area contributed by atoms with Crippen LogP contribution in [-0.2, 0) is 6.54 Å². The number of hydrogen-bond acceptors (Lipinski definition) is 2. The number of benzene rings is 1. The Morgan fingerprint density at radius 2 is 2.06 bits per heavy atom. The van der Waals surface area contributed by atoms with Crippen molar-refractivity contribution in [2.75, 3.05) is 6.54 Å². The molecule has 1 nitrogen and oxygen atoms in total. The predicted octanol–water partition coefficient (Wildman–Crippen LogP) is 4.36. The van der Waals surface area contributed by atoms with Gasteiger partial charge in [-0.1, -0.05) is 13.0 Å². The van der Waals surface area contributed by atoms with Gasteiger partial charge in [0.05, 0.1) is 0 Å². The summed E-state index contributed by atoms with van der Waals surface area (Å²) in [4.78, 5) is 1.23. The molecule has 0 bridgehead atoms. The van der Waals surface area contributed by atoms with Gasteiger partial charge in [0.2, 0.25) is 0 Å². The fourth-order valence-corrected chi connectivity index (χ4v) is 2.73. The quantitative estimate of drug-likeness (QED) is 0.790. The molecule has 0 fully saturated rings. The van der Waals surface area contributed by atoms with Gasteiger partial charge in [-0.15, -0.1) is 11.3 Å². The van der Waals surface area contributed by atoms with Crippen LogP contribution in [0.3, 0.4) is 0 Å². The summed E-state index contributed by atoms with van der Waals surface area (Å²) in [6.45, 7) is 5.99. The predicted molar refractivity (Wildman–Crippen MR) is 76.4 cm³/mol. The van der Waals surface area contributed by atoms with Gasteiger partial charge in [-0.2, -0.15) is 0 Å². The standard InChI is InChI=1S/C15H18FNS/c1-3-7-17-10-12-4-5-13(16)9-15(12)14-6-8-18-11(14)2/h4-6,8-9,17H,3,7,10H2,1-2H3. The Kier molecular flexibility index (Phi) is 4.50. The summed E-state index contributed by atoms with van der Waals surface area (Å²) in [7, 11) is 0. The Morgan fingerprint density at radius 1 is 1.22 bits per heavy atom. The van der Waals surface area contributed by atoms with Crippen LogP contribution in [0.15, 0.2) is 29.6 Å². The molecule has 0 spiro atoms. The van der Waals surface area contributed by atoms with E-state index in [1.807, 2.05) is 6.07 Å². The van der Waals surface area contributed by atoms with Gasteiger partial charge in [-0.25, -0.2) is 4.39 Å². The molecular formula is C15H18FNS. The van der Waals surface area contributed by atoms with Crippen LogP contribution in [0.25, 0.3) is 11.1 Å². The van der Waals surface area contributed by atoms with Crippen molar-refractivity contribution in [1.29, 1.82) is 0 Å². The van der Waals surface area contributed by atoms with Crippen molar-refractivity contribution in [3.63, 3.8) is 0 Å². The molecule has 0 aliphatic carbocycles. The Bertz CT molecular complexity index is 519. The molecule has 0 saturated carbocycles. The fourth-order valence-electron chi connectivity index (χ4n) is 2.02. The lowest BCUT2D eigenvalue weighted by Crippen LogP contribution is -2.14. The lowest BCUT2D eigenvalue weighted by atomic mass is 10.00. The van der Waals surface area contributed by atoms with E-state index < -0.39 is 0 Å². The zero-order chi connectivity index (χ0) is 13.0. The summed E-state index contributed by atoms with van der Waals surface area (Å²) in [6.07, 6.45) is 1.11. The average Bonchev–Trinajstić information content (AvgIpc) is 2.77. The van der Waals surface area contributed by atoms with Crippen molar-refractivity contribution < 1.29 is 4.39 Å². The van der Waals surface area contributed by atoms with E-state index >= 15 is 0 Å². The van der Waals surface area contributed by atoms with Crippen LogP contribution >= 0.6 is 11.3 Å². The maximum atomic E-state index is 13.4. The SMILES string of the molecule is CCCNCc1ccc(F)cc1-c1ccsc1C. The second-order valence-electron chi connectivity index (χ2n) is 4.37. The largest absolute Gasteiger partial charge is 0.313 e. The number of nitrogens with one attached hydrogen (secondary N) is 1. The molecule has 0 amide bonds. The first-order valence-electron chi connectivity index (χ1n) is 6.26. The summed E-state index contributed by atoms with van der Waals surface area (Å²) in [5, 5.41) is 5.43. The molecular weight excluding hydrogens is 245 g/mol. The molecule has 1 aromatic carbocycles. The highest BCUT2D eigenvalue weighted by Crippen LogP contribution is 2.30. The minimum absolute atomic E-state index is 0.171. The molecule has 2 aromatic rings. The second kappa shape index (κ2) is 6.12. The third-order valence-corrected chi connectivity index (χ3v) is 3.81. The van der Waals surface area contributed by atoms with Crippen molar-refractivity contribution in [3.8, 4) is 11.1 Å². The van der Waals surface area contributed by atoms with Crippen molar-refractivity contribution >= 4 is 11.3 Å². The third-order valence-electron chi connectivity index (χ3n) is 2.96. The smallest absolute Gasteiger partial charge is 0.123 e. The van der Waals surface area contributed by atoms with E-state index in [0.29, 0.717) is 0 Å². The number of rotatable bonds is 5. The van der Waals surface area contributed by atoms with Crippen LogP contribution in [0, 0.1) is 12.7 Å². The lowest BCUT2D eigenvalue weighted by molar-refractivity contribution is 0.625. The summed E-state index contributed by atoms with van der Waals surface area (Å²) < 4.78 is 13.4. The maximum Gasteiger partial charge on any atom is 0.123 e. The normalized spacial score (nSPS) is 10.8. The molecule has 3 heteroatoms. The first-order chi connectivity index (χ1) is 8.72. The minimum atomic E-state index is -0.171. The van der Waals surface area contributed by atoms with E-state index in [0.717, 1.165) is 36.2 Å². The second-order valence-corrected chi connectivity index (χ2v) is 5.49. The first-order valence-corrected chi connectivity index (χ1v) is 7.14. The van der Waals surface area contributed by atoms with E-state index in [9.17, 15) is 4.39 Å².